The molecule has 27 heavy (non-hydrogen) atoms. The lowest BCUT2D eigenvalue weighted by molar-refractivity contribution is -0.137. The average molecular weight is 393 g/mol. The molecule has 0 aliphatic rings. The van der Waals surface area contributed by atoms with Gasteiger partial charge < -0.3 is 20.5 Å². The van der Waals surface area contributed by atoms with Crippen LogP contribution in [0.5, 0.6) is 11.5 Å². The maximum Gasteiger partial charge on any atom is 0.303 e. The van der Waals surface area contributed by atoms with Crippen molar-refractivity contribution < 1.29 is 19.4 Å². The number of likely N-dealkylation sites (N-methyl/N-ethyl adjacent to an activating group) is 1. The summed E-state index contributed by atoms with van der Waals surface area (Å²) in [6.45, 7) is 0. The molecule has 1 amide bonds. The van der Waals surface area contributed by atoms with E-state index >= 15 is 0 Å². The predicted molar refractivity (Wildman–Crippen MR) is 107 cm³/mol. The number of aryl methyl sites for hydroxylation is 1. The van der Waals surface area contributed by atoms with Gasteiger partial charge in [0.2, 0.25) is 5.91 Å². The standard InChI is InChI=1S/C20H24N2O4.ClH/c1-22(2)20(25)18(21)13-15-5-10-17(11-6-15)26-16-8-3-14(4-9-16)7-12-19(23)24;/h3-6,8-11,18H,7,12-13,21H2,1-2H3,(H,23,24);1H/t18-;/m0./s1. The number of hydrogen-bond donors (Lipinski definition) is 2. The Morgan fingerprint density at radius 2 is 1.48 bits per heavy atom. The zero-order valence-electron chi connectivity index (χ0n) is 15.4. The Morgan fingerprint density at radius 1 is 1.00 bits per heavy atom. The lowest BCUT2D eigenvalue weighted by atomic mass is 10.1. The number of carboxylic acids is 1. The fourth-order valence-corrected chi connectivity index (χ4v) is 2.48. The third-order valence-corrected chi connectivity index (χ3v) is 3.92. The second-order valence-electron chi connectivity index (χ2n) is 6.33. The van der Waals surface area contributed by atoms with Gasteiger partial charge in [0.05, 0.1) is 6.04 Å². The molecule has 0 radical (unpaired) electrons. The topological polar surface area (TPSA) is 92.9 Å². The molecule has 0 unspecified atom stereocenters. The summed E-state index contributed by atoms with van der Waals surface area (Å²) in [6.07, 6.45) is 1.08. The van der Waals surface area contributed by atoms with Gasteiger partial charge in [0.1, 0.15) is 11.5 Å². The van der Waals surface area contributed by atoms with Crippen molar-refractivity contribution in [2.24, 2.45) is 5.73 Å². The van der Waals surface area contributed by atoms with Gasteiger partial charge >= 0.3 is 5.97 Å². The Balaban J connectivity index is 0.00000364. The molecule has 0 aliphatic carbocycles. The van der Waals surface area contributed by atoms with Crippen molar-refractivity contribution in [3.05, 3.63) is 59.7 Å². The van der Waals surface area contributed by atoms with Gasteiger partial charge in [0.15, 0.2) is 0 Å². The summed E-state index contributed by atoms with van der Waals surface area (Å²) < 4.78 is 5.78. The quantitative estimate of drug-likeness (QED) is 0.720. The van der Waals surface area contributed by atoms with Gasteiger partial charge in [-0.15, -0.1) is 12.4 Å². The van der Waals surface area contributed by atoms with E-state index in [1.54, 1.807) is 14.1 Å². The van der Waals surface area contributed by atoms with Crippen molar-refractivity contribution in [3.8, 4) is 11.5 Å². The fraction of sp³-hybridized carbons (Fsp3) is 0.300. The zero-order valence-corrected chi connectivity index (χ0v) is 16.2. The van der Waals surface area contributed by atoms with E-state index in [1.165, 1.54) is 4.90 Å². The molecule has 2 aromatic carbocycles. The lowest BCUT2D eigenvalue weighted by Crippen LogP contribution is -2.41. The Hall–Kier alpha value is -2.57. The van der Waals surface area contributed by atoms with Crippen LogP contribution >= 0.6 is 12.4 Å². The zero-order chi connectivity index (χ0) is 19.1. The minimum Gasteiger partial charge on any atom is -0.481 e. The number of benzene rings is 2. The number of nitrogens with two attached hydrogens (primary N) is 1. The van der Waals surface area contributed by atoms with Gasteiger partial charge in [-0.2, -0.15) is 0 Å². The third kappa shape index (κ3) is 7.29. The third-order valence-electron chi connectivity index (χ3n) is 3.92. The fourth-order valence-electron chi connectivity index (χ4n) is 2.48. The summed E-state index contributed by atoms with van der Waals surface area (Å²) in [6, 6.07) is 14.2. The molecule has 0 saturated heterocycles. The van der Waals surface area contributed by atoms with E-state index in [-0.39, 0.29) is 24.7 Å². The number of carbonyl (C=O) groups excluding carboxylic acids is 1. The largest absolute Gasteiger partial charge is 0.481 e. The second kappa shape index (κ2) is 10.5. The average Bonchev–Trinajstić information content (AvgIpc) is 2.62. The van der Waals surface area contributed by atoms with Gasteiger partial charge in [-0.25, -0.2) is 0 Å². The van der Waals surface area contributed by atoms with Crippen LogP contribution in [-0.2, 0) is 22.4 Å². The Bertz CT molecular complexity index is 746. The summed E-state index contributed by atoms with van der Waals surface area (Å²) in [7, 11) is 3.37. The van der Waals surface area contributed by atoms with Gasteiger partial charge in [0.25, 0.3) is 0 Å². The molecule has 0 aliphatic heterocycles. The van der Waals surface area contributed by atoms with Gasteiger partial charge in [-0.3, -0.25) is 9.59 Å². The lowest BCUT2D eigenvalue weighted by Gasteiger charge is -2.16. The molecule has 0 heterocycles. The number of rotatable bonds is 8. The van der Waals surface area contributed by atoms with E-state index in [4.69, 9.17) is 15.6 Å². The number of ether oxygens (including phenoxy) is 1. The van der Waals surface area contributed by atoms with Crippen LogP contribution in [0.1, 0.15) is 17.5 Å². The Kier molecular flexibility index (Phi) is 8.78. The van der Waals surface area contributed by atoms with Crippen LogP contribution in [0.4, 0.5) is 0 Å². The van der Waals surface area contributed by atoms with Crippen LogP contribution in [0.25, 0.3) is 0 Å². The van der Waals surface area contributed by atoms with Gasteiger partial charge in [-0.1, -0.05) is 24.3 Å². The van der Waals surface area contributed by atoms with Crippen LogP contribution in [-0.4, -0.2) is 42.0 Å². The van der Waals surface area contributed by atoms with Crippen molar-refractivity contribution >= 4 is 24.3 Å². The number of nitrogens with zero attached hydrogens (tertiary/aromatic N) is 1. The first-order chi connectivity index (χ1) is 12.3. The molecule has 3 N–H and O–H groups in total. The molecule has 0 saturated carbocycles. The molecule has 2 aromatic rings. The molecule has 1 atom stereocenters. The minimum absolute atomic E-state index is 0. The first kappa shape index (κ1) is 22.5. The summed E-state index contributed by atoms with van der Waals surface area (Å²) >= 11 is 0. The second-order valence-corrected chi connectivity index (χ2v) is 6.33. The summed E-state index contributed by atoms with van der Waals surface area (Å²) in [5, 5.41) is 8.71. The highest BCUT2D eigenvalue weighted by molar-refractivity contribution is 5.85. The van der Waals surface area contributed by atoms with E-state index in [9.17, 15) is 9.59 Å². The van der Waals surface area contributed by atoms with E-state index in [1.807, 2.05) is 48.5 Å². The molecule has 0 spiro atoms. The van der Waals surface area contributed by atoms with Crippen molar-refractivity contribution in [3.63, 3.8) is 0 Å². The predicted octanol–water partition coefficient (Wildman–Crippen LogP) is 2.88. The van der Waals surface area contributed by atoms with E-state index in [0.29, 0.717) is 24.3 Å². The van der Waals surface area contributed by atoms with Crippen molar-refractivity contribution in [2.75, 3.05) is 14.1 Å². The molecule has 2 rings (SSSR count). The first-order valence-electron chi connectivity index (χ1n) is 8.39. The van der Waals surface area contributed by atoms with Crippen molar-refractivity contribution in [1.29, 1.82) is 0 Å². The van der Waals surface area contributed by atoms with Crippen LogP contribution < -0.4 is 10.5 Å². The molecular weight excluding hydrogens is 368 g/mol. The van der Waals surface area contributed by atoms with E-state index < -0.39 is 12.0 Å². The minimum atomic E-state index is -0.808. The first-order valence-corrected chi connectivity index (χ1v) is 8.39. The molecule has 0 bridgehead atoms. The maximum atomic E-state index is 11.8. The van der Waals surface area contributed by atoms with Crippen LogP contribution in [0.3, 0.4) is 0 Å². The summed E-state index contributed by atoms with van der Waals surface area (Å²) in [5.41, 5.74) is 7.83. The molecular formula is C20H25ClN2O4. The highest BCUT2D eigenvalue weighted by Gasteiger charge is 2.15. The number of carboxylic acid groups (broad SMARTS) is 1. The van der Waals surface area contributed by atoms with E-state index in [2.05, 4.69) is 0 Å². The van der Waals surface area contributed by atoms with Crippen LogP contribution in [0, 0.1) is 0 Å². The Labute approximate surface area is 165 Å². The molecule has 146 valence electrons. The normalized spacial score (nSPS) is 11.2. The molecule has 7 heteroatoms. The van der Waals surface area contributed by atoms with E-state index in [0.717, 1.165) is 11.1 Å². The molecule has 6 nitrogen and oxygen atoms in total. The number of aliphatic carboxylic acids is 1. The van der Waals surface area contributed by atoms with Crippen molar-refractivity contribution in [2.45, 2.75) is 25.3 Å². The van der Waals surface area contributed by atoms with Crippen LogP contribution in [0.2, 0.25) is 0 Å². The van der Waals surface area contributed by atoms with Crippen LogP contribution in [0.15, 0.2) is 48.5 Å². The monoisotopic (exact) mass is 392 g/mol. The summed E-state index contributed by atoms with van der Waals surface area (Å²) in [4.78, 5) is 23.9. The SMILES string of the molecule is CN(C)C(=O)[C@@H](N)Cc1ccc(Oc2ccc(CCC(=O)O)cc2)cc1.Cl. The molecule has 0 fully saturated rings. The highest BCUT2D eigenvalue weighted by Crippen LogP contribution is 2.22. The van der Waals surface area contributed by atoms with Crippen molar-refractivity contribution in [1.82, 2.24) is 4.90 Å². The Morgan fingerprint density at radius 3 is 1.93 bits per heavy atom. The molecule has 0 aromatic heterocycles. The highest BCUT2D eigenvalue weighted by atomic mass is 35.5. The van der Waals surface area contributed by atoms with Gasteiger partial charge in [0, 0.05) is 20.5 Å². The van der Waals surface area contributed by atoms with Gasteiger partial charge in [-0.05, 0) is 48.2 Å². The summed E-state index contributed by atoms with van der Waals surface area (Å²) in [5.74, 6) is 0.446. The number of carbonyl (C=O) groups is 2. The maximum absolute atomic E-state index is 11.8. The number of hydrogen-bond acceptors (Lipinski definition) is 4. The number of halogens is 1. The number of amides is 1. The smallest absolute Gasteiger partial charge is 0.303 e.